The van der Waals surface area contributed by atoms with E-state index in [1.807, 2.05) is 12.1 Å². The lowest BCUT2D eigenvalue weighted by molar-refractivity contribution is 0.0697. The van der Waals surface area contributed by atoms with Crippen molar-refractivity contribution in [2.24, 2.45) is 0 Å². The fourth-order valence-electron chi connectivity index (χ4n) is 2.04. The van der Waals surface area contributed by atoms with E-state index >= 15 is 0 Å². The van der Waals surface area contributed by atoms with E-state index in [2.05, 4.69) is 10.3 Å². The predicted molar refractivity (Wildman–Crippen MR) is 63.7 cm³/mol. The summed E-state index contributed by atoms with van der Waals surface area (Å²) in [6.07, 6.45) is 4.26. The standard InChI is InChI=1S/C13H10N2O2/c16-13(17)8-1-2-11-9(5-8)6-10-7-14-4-3-12(10)15-11/h1-5,7,15H,6H2,(H,16,17). The van der Waals surface area contributed by atoms with E-state index in [0.29, 0.717) is 12.0 Å². The summed E-state index contributed by atoms with van der Waals surface area (Å²) in [5, 5.41) is 12.2. The van der Waals surface area contributed by atoms with Crippen LogP contribution in [0.4, 0.5) is 11.4 Å². The Morgan fingerprint density at radius 2 is 2.06 bits per heavy atom. The summed E-state index contributed by atoms with van der Waals surface area (Å²) in [5.74, 6) is -0.898. The Morgan fingerprint density at radius 1 is 1.24 bits per heavy atom. The van der Waals surface area contributed by atoms with E-state index in [-0.39, 0.29) is 0 Å². The Morgan fingerprint density at radius 3 is 2.88 bits per heavy atom. The van der Waals surface area contributed by atoms with Crippen LogP contribution in [0.15, 0.2) is 36.7 Å². The minimum absolute atomic E-state index is 0.317. The minimum atomic E-state index is -0.898. The molecule has 0 aliphatic carbocycles. The van der Waals surface area contributed by atoms with Crippen molar-refractivity contribution < 1.29 is 9.90 Å². The number of nitrogens with one attached hydrogen (secondary N) is 1. The SMILES string of the molecule is O=C(O)c1ccc2c(c1)Cc1cnccc1N2. The second-order valence-corrected chi connectivity index (χ2v) is 4.01. The number of pyridine rings is 1. The Hall–Kier alpha value is -2.36. The molecule has 2 heterocycles. The van der Waals surface area contributed by atoms with Gasteiger partial charge in [-0.05, 0) is 35.4 Å². The lowest BCUT2D eigenvalue weighted by atomic mass is 9.97. The van der Waals surface area contributed by atoms with Crippen molar-refractivity contribution in [3.8, 4) is 0 Å². The Balaban J connectivity index is 2.06. The van der Waals surface area contributed by atoms with Crippen LogP contribution in [0.2, 0.25) is 0 Å². The summed E-state index contributed by atoms with van der Waals surface area (Å²) in [5.41, 5.74) is 4.40. The Bertz CT molecular complexity index is 608. The van der Waals surface area contributed by atoms with Crippen LogP contribution in [-0.4, -0.2) is 16.1 Å². The number of carboxylic acid groups (broad SMARTS) is 1. The number of aromatic nitrogens is 1. The molecule has 1 aliphatic heterocycles. The first-order valence-electron chi connectivity index (χ1n) is 5.30. The molecule has 1 aromatic carbocycles. The van der Waals surface area contributed by atoms with Gasteiger partial charge in [0.25, 0.3) is 0 Å². The molecule has 0 unspecified atom stereocenters. The molecular weight excluding hydrogens is 216 g/mol. The number of hydrogen-bond donors (Lipinski definition) is 2. The average molecular weight is 226 g/mol. The van der Waals surface area contributed by atoms with Gasteiger partial charge < -0.3 is 10.4 Å². The van der Waals surface area contributed by atoms with Gasteiger partial charge in [-0.15, -0.1) is 0 Å². The van der Waals surface area contributed by atoms with Gasteiger partial charge in [-0.25, -0.2) is 4.79 Å². The molecule has 1 aliphatic rings. The van der Waals surface area contributed by atoms with Crippen LogP contribution in [-0.2, 0) is 6.42 Å². The fraction of sp³-hybridized carbons (Fsp3) is 0.0769. The van der Waals surface area contributed by atoms with Gasteiger partial charge >= 0.3 is 5.97 Å². The van der Waals surface area contributed by atoms with Crippen molar-refractivity contribution in [1.29, 1.82) is 0 Å². The van der Waals surface area contributed by atoms with Crippen molar-refractivity contribution in [1.82, 2.24) is 4.98 Å². The molecule has 4 heteroatoms. The Kier molecular flexibility index (Phi) is 2.08. The zero-order valence-electron chi connectivity index (χ0n) is 8.97. The second kappa shape index (κ2) is 3.59. The van der Waals surface area contributed by atoms with Gasteiger partial charge in [0.2, 0.25) is 0 Å². The number of rotatable bonds is 1. The highest BCUT2D eigenvalue weighted by molar-refractivity contribution is 5.89. The quantitative estimate of drug-likeness (QED) is 0.669. The molecule has 0 amide bonds. The largest absolute Gasteiger partial charge is 0.478 e. The normalized spacial score (nSPS) is 12.2. The molecule has 0 spiro atoms. The van der Waals surface area contributed by atoms with E-state index in [1.54, 1.807) is 24.5 Å². The maximum atomic E-state index is 10.9. The van der Waals surface area contributed by atoms with Gasteiger partial charge in [0.15, 0.2) is 0 Å². The van der Waals surface area contributed by atoms with Crippen molar-refractivity contribution in [2.45, 2.75) is 6.42 Å². The average Bonchev–Trinajstić information content (AvgIpc) is 2.35. The number of nitrogens with zero attached hydrogens (tertiary/aromatic N) is 1. The van der Waals surface area contributed by atoms with Crippen molar-refractivity contribution in [3.05, 3.63) is 53.3 Å². The number of carboxylic acids is 1. The molecule has 0 saturated carbocycles. The van der Waals surface area contributed by atoms with Gasteiger partial charge in [0.1, 0.15) is 0 Å². The Labute approximate surface area is 97.9 Å². The third-order valence-electron chi connectivity index (χ3n) is 2.91. The maximum Gasteiger partial charge on any atom is 0.335 e. The first-order chi connectivity index (χ1) is 8.24. The molecule has 0 atom stereocenters. The highest BCUT2D eigenvalue weighted by Crippen LogP contribution is 2.32. The monoisotopic (exact) mass is 226 g/mol. The summed E-state index contributed by atoms with van der Waals surface area (Å²) in [7, 11) is 0. The first kappa shape index (κ1) is 9.84. The molecular formula is C13H10N2O2. The van der Waals surface area contributed by atoms with E-state index in [9.17, 15) is 4.79 Å². The lowest BCUT2D eigenvalue weighted by Gasteiger charge is -2.21. The molecule has 0 bridgehead atoms. The number of hydrogen-bond acceptors (Lipinski definition) is 3. The molecule has 3 rings (SSSR count). The highest BCUT2D eigenvalue weighted by Gasteiger charge is 2.16. The zero-order valence-corrected chi connectivity index (χ0v) is 8.97. The number of carbonyl (C=O) groups is 1. The second-order valence-electron chi connectivity index (χ2n) is 4.01. The number of fused-ring (bicyclic) bond motifs is 2. The van der Waals surface area contributed by atoms with Crippen molar-refractivity contribution in [3.63, 3.8) is 0 Å². The molecule has 2 N–H and O–H groups in total. The maximum absolute atomic E-state index is 10.9. The highest BCUT2D eigenvalue weighted by atomic mass is 16.4. The molecule has 84 valence electrons. The molecule has 4 nitrogen and oxygen atoms in total. The minimum Gasteiger partial charge on any atom is -0.478 e. The fourth-order valence-corrected chi connectivity index (χ4v) is 2.04. The summed E-state index contributed by atoms with van der Waals surface area (Å²) < 4.78 is 0. The first-order valence-corrected chi connectivity index (χ1v) is 5.30. The summed E-state index contributed by atoms with van der Waals surface area (Å²) in [4.78, 5) is 15.0. The summed E-state index contributed by atoms with van der Waals surface area (Å²) in [6, 6.07) is 7.05. The number of benzene rings is 1. The van der Waals surface area contributed by atoms with Gasteiger partial charge in [0.05, 0.1) is 5.56 Å². The smallest absolute Gasteiger partial charge is 0.335 e. The number of aromatic carboxylic acids is 1. The van der Waals surface area contributed by atoms with Crippen LogP contribution in [0.3, 0.4) is 0 Å². The van der Waals surface area contributed by atoms with E-state index in [4.69, 9.17) is 5.11 Å². The third-order valence-corrected chi connectivity index (χ3v) is 2.91. The summed E-state index contributed by atoms with van der Waals surface area (Å²) in [6.45, 7) is 0. The van der Waals surface area contributed by atoms with Crippen LogP contribution in [0.5, 0.6) is 0 Å². The van der Waals surface area contributed by atoms with Gasteiger partial charge in [-0.3, -0.25) is 4.98 Å². The van der Waals surface area contributed by atoms with Crippen molar-refractivity contribution in [2.75, 3.05) is 5.32 Å². The van der Waals surface area contributed by atoms with Gasteiger partial charge in [-0.2, -0.15) is 0 Å². The zero-order chi connectivity index (χ0) is 11.8. The van der Waals surface area contributed by atoms with Crippen LogP contribution < -0.4 is 5.32 Å². The van der Waals surface area contributed by atoms with Crippen molar-refractivity contribution >= 4 is 17.3 Å². The van der Waals surface area contributed by atoms with Gasteiger partial charge in [0, 0.05) is 30.2 Å². The molecule has 17 heavy (non-hydrogen) atoms. The van der Waals surface area contributed by atoms with Crippen LogP contribution in [0.25, 0.3) is 0 Å². The molecule has 1 aromatic heterocycles. The van der Waals surface area contributed by atoms with E-state index < -0.39 is 5.97 Å². The topological polar surface area (TPSA) is 62.2 Å². The molecule has 0 radical (unpaired) electrons. The van der Waals surface area contributed by atoms with E-state index in [0.717, 1.165) is 22.5 Å². The number of anilines is 2. The van der Waals surface area contributed by atoms with Crippen LogP contribution in [0.1, 0.15) is 21.5 Å². The third kappa shape index (κ3) is 1.63. The lowest BCUT2D eigenvalue weighted by Crippen LogP contribution is -2.08. The summed E-state index contributed by atoms with van der Waals surface area (Å²) >= 11 is 0. The van der Waals surface area contributed by atoms with Crippen LogP contribution in [0, 0.1) is 0 Å². The van der Waals surface area contributed by atoms with E-state index in [1.165, 1.54) is 0 Å². The van der Waals surface area contributed by atoms with Gasteiger partial charge in [-0.1, -0.05) is 0 Å². The molecule has 0 saturated heterocycles. The predicted octanol–water partition coefficient (Wildman–Crippen LogP) is 2.43. The van der Waals surface area contributed by atoms with Crippen LogP contribution >= 0.6 is 0 Å². The molecule has 2 aromatic rings. The molecule has 0 fully saturated rings.